The molecule has 1 fully saturated rings. The van der Waals surface area contributed by atoms with E-state index in [0.29, 0.717) is 11.4 Å². The number of rotatable bonds is 5. The van der Waals surface area contributed by atoms with Crippen LogP contribution in [-0.4, -0.2) is 58.8 Å². The van der Waals surface area contributed by atoms with Crippen LogP contribution in [0.5, 0.6) is 11.5 Å². The van der Waals surface area contributed by atoms with Crippen LogP contribution in [0.3, 0.4) is 0 Å². The number of hydrogen-bond acceptors (Lipinski definition) is 6. The lowest BCUT2D eigenvalue weighted by molar-refractivity contribution is -0.0401. The zero-order valence-corrected chi connectivity index (χ0v) is 21.5. The summed E-state index contributed by atoms with van der Waals surface area (Å²) >= 11 is 0. The lowest BCUT2D eigenvalue weighted by Crippen LogP contribution is -2.47. The standard InChI is InChI=1S/C27H31F2N3O5/c1-26(2,3)37-25(33)31-14-12-27(34,13-15-31)24-22(29)23(20-11-10-19(36-5)16-21(20)28)32(30-24)17-6-8-18(35-4)9-7-17/h6-11,16,34H,12-15H2,1-5H3. The number of halogens is 2. The molecule has 1 aromatic heterocycles. The first kappa shape index (κ1) is 26.4. The molecular formula is C27H31F2N3O5. The maximum absolute atomic E-state index is 16.1. The molecule has 0 radical (unpaired) electrons. The second kappa shape index (κ2) is 10.0. The molecule has 1 amide bonds. The van der Waals surface area contributed by atoms with Gasteiger partial charge in [-0.3, -0.25) is 0 Å². The van der Waals surface area contributed by atoms with E-state index in [0.717, 1.165) is 6.07 Å². The molecule has 1 saturated heterocycles. The molecule has 2 aromatic carbocycles. The van der Waals surface area contributed by atoms with Gasteiger partial charge in [0.1, 0.15) is 39.9 Å². The Labute approximate surface area is 214 Å². The fourth-order valence-electron chi connectivity index (χ4n) is 4.28. The van der Waals surface area contributed by atoms with E-state index < -0.39 is 28.9 Å². The number of likely N-dealkylation sites (tertiary alicyclic amines) is 1. The van der Waals surface area contributed by atoms with Crippen molar-refractivity contribution in [3.8, 4) is 28.4 Å². The summed E-state index contributed by atoms with van der Waals surface area (Å²) in [5, 5.41) is 15.9. The fraction of sp³-hybridized carbons (Fsp3) is 0.407. The number of nitrogens with zero attached hydrogens (tertiary/aromatic N) is 3. The van der Waals surface area contributed by atoms with Crippen molar-refractivity contribution < 1.29 is 32.9 Å². The number of hydrogen-bond donors (Lipinski definition) is 1. The molecule has 2 heterocycles. The summed E-state index contributed by atoms with van der Waals surface area (Å²) in [6.45, 7) is 5.60. The van der Waals surface area contributed by atoms with Crippen molar-refractivity contribution in [3.05, 3.63) is 59.8 Å². The first-order valence-corrected chi connectivity index (χ1v) is 11.9. The third-order valence-electron chi connectivity index (χ3n) is 6.26. The Morgan fingerprint density at radius 1 is 1.00 bits per heavy atom. The SMILES string of the molecule is COc1ccc(-n2nc(C3(O)CCN(C(=O)OC(C)(C)C)CC3)c(F)c2-c2ccc(OC)cc2F)cc1. The summed E-state index contributed by atoms with van der Waals surface area (Å²) in [6.07, 6.45) is -0.430. The fourth-order valence-corrected chi connectivity index (χ4v) is 4.28. The summed E-state index contributed by atoms with van der Waals surface area (Å²) in [5.74, 6) is -0.674. The summed E-state index contributed by atoms with van der Waals surface area (Å²) in [4.78, 5) is 13.9. The van der Waals surface area contributed by atoms with Gasteiger partial charge in [-0.15, -0.1) is 0 Å². The predicted molar refractivity (Wildman–Crippen MR) is 133 cm³/mol. The molecule has 4 rings (SSSR count). The lowest BCUT2D eigenvalue weighted by Gasteiger charge is -2.37. The second-order valence-electron chi connectivity index (χ2n) is 9.97. The molecule has 8 nitrogen and oxygen atoms in total. The molecule has 37 heavy (non-hydrogen) atoms. The Kier molecular flexibility index (Phi) is 7.14. The van der Waals surface area contributed by atoms with E-state index >= 15 is 8.78 Å². The highest BCUT2D eigenvalue weighted by atomic mass is 19.1. The van der Waals surface area contributed by atoms with E-state index in [1.807, 2.05) is 0 Å². The Hall–Kier alpha value is -3.66. The van der Waals surface area contributed by atoms with Gasteiger partial charge in [0.25, 0.3) is 0 Å². The quantitative estimate of drug-likeness (QED) is 0.512. The number of carbonyl (C=O) groups is 1. The van der Waals surface area contributed by atoms with Gasteiger partial charge in [-0.05, 0) is 70.0 Å². The largest absolute Gasteiger partial charge is 0.497 e. The molecule has 0 unspecified atom stereocenters. The van der Waals surface area contributed by atoms with Gasteiger partial charge in [0.15, 0.2) is 5.82 Å². The smallest absolute Gasteiger partial charge is 0.410 e. The molecule has 0 bridgehead atoms. The highest BCUT2D eigenvalue weighted by Gasteiger charge is 2.42. The Morgan fingerprint density at radius 3 is 2.14 bits per heavy atom. The van der Waals surface area contributed by atoms with Crippen LogP contribution in [-0.2, 0) is 10.3 Å². The van der Waals surface area contributed by atoms with Crippen LogP contribution < -0.4 is 9.47 Å². The van der Waals surface area contributed by atoms with Crippen molar-refractivity contribution in [2.45, 2.75) is 44.8 Å². The number of carbonyl (C=O) groups excluding carboxylic acids is 1. The van der Waals surface area contributed by atoms with Gasteiger partial charge in [-0.1, -0.05) is 0 Å². The number of piperidine rings is 1. The molecule has 0 atom stereocenters. The van der Waals surface area contributed by atoms with E-state index in [1.54, 1.807) is 45.0 Å². The third kappa shape index (κ3) is 5.39. The van der Waals surface area contributed by atoms with Gasteiger partial charge >= 0.3 is 6.09 Å². The molecule has 3 aromatic rings. The van der Waals surface area contributed by atoms with Crippen LogP contribution >= 0.6 is 0 Å². The Bertz CT molecular complexity index is 1280. The Balaban J connectivity index is 1.74. The number of ether oxygens (including phenoxy) is 3. The first-order chi connectivity index (χ1) is 17.5. The molecule has 1 aliphatic rings. The molecule has 0 saturated carbocycles. The zero-order chi connectivity index (χ0) is 27.0. The minimum absolute atomic E-state index is 0.0350. The van der Waals surface area contributed by atoms with Crippen molar-refractivity contribution in [2.24, 2.45) is 0 Å². The van der Waals surface area contributed by atoms with Gasteiger partial charge in [-0.25, -0.2) is 18.3 Å². The maximum Gasteiger partial charge on any atom is 0.410 e. The van der Waals surface area contributed by atoms with Crippen LogP contribution in [0.15, 0.2) is 42.5 Å². The minimum Gasteiger partial charge on any atom is -0.497 e. The van der Waals surface area contributed by atoms with Crippen molar-refractivity contribution >= 4 is 6.09 Å². The first-order valence-electron chi connectivity index (χ1n) is 11.9. The monoisotopic (exact) mass is 515 g/mol. The van der Waals surface area contributed by atoms with Crippen LogP contribution in [0.2, 0.25) is 0 Å². The minimum atomic E-state index is -1.67. The van der Waals surface area contributed by atoms with Crippen LogP contribution in [0, 0.1) is 11.6 Å². The van der Waals surface area contributed by atoms with Crippen molar-refractivity contribution in [1.29, 1.82) is 0 Å². The molecule has 198 valence electrons. The molecule has 0 spiro atoms. The van der Waals surface area contributed by atoms with Crippen molar-refractivity contribution in [2.75, 3.05) is 27.3 Å². The summed E-state index contributed by atoms with van der Waals surface area (Å²) in [6, 6.07) is 10.8. The topological polar surface area (TPSA) is 86.1 Å². The lowest BCUT2D eigenvalue weighted by atomic mass is 9.87. The number of aromatic nitrogens is 2. The molecule has 0 aliphatic carbocycles. The van der Waals surface area contributed by atoms with Gasteiger partial charge in [-0.2, -0.15) is 5.10 Å². The molecular weight excluding hydrogens is 484 g/mol. The second-order valence-corrected chi connectivity index (χ2v) is 9.97. The van der Waals surface area contributed by atoms with Gasteiger partial charge < -0.3 is 24.2 Å². The highest BCUT2D eigenvalue weighted by molar-refractivity contribution is 5.68. The number of methoxy groups -OCH3 is 2. The summed E-state index contributed by atoms with van der Waals surface area (Å²) in [7, 11) is 2.94. The normalized spacial score (nSPS) is 15.4. The average Bonchev–Trinajstić information content (AvgIpc) is 3.21. The van der Waals surface area contributed by atoms with E-state index in [9.17, 15) is 9.90 Å². The van der Waals surface area contributed by atoms with Gasteiger partial charge in [0.2, 0.25) is 0 Å². The predicted octanol–water partition coefficient (Wildman–Crippen LogP) is 5.05. The Morgan fingerprint density at radius 2 is 1.59 bits per heavy atom. The van der Waals surface area contributed by atoms with E-state index in [2.05, 4.69) is 5.10 Å². The summed E-state index contributed by atoms with van der Waals surface area (Å²) < 4.78 is 48.2. The molecule has 1 N–H and O–H groups in total. The van der Waals surface area contributed by atoms with Crippen LogP contribution in [0.25, 0.3) is 16.9 Å². The van der Waals surface area contributed by atoms with Crippen LogP contribution in [0.1, 0.15) is 39.3 Å². The third-order valence-corrected chi connectivity index (χ3v) is 6.26. The van der Waals surface area contributed by atoms with Crippen molar-refractivity contribution in [3.63, 3.8) is 0 Å². The average molecular weight is 516 g/mol. The van der Waals surface area contributed by atoms with Crippen LogP contribution in [0.4, 0.5) is 13.6 Å². The van der Waals surface area contributed by atoms with E-state index in [4.69, 9.17) is 14.2 Å². The number of benzene rings is 2. The van der Waals surface area contributed by atoms with Gasteiger partial charge in [0.05, 0.1) is 19.9 Å². The van der Waals surface area contributed by atoms with Gasteiger partial charge in [0, 0.05) is 24.7 Å². The summed E-state index contributed by atoms with van der Waals surface area (Å²) in [5.41, 5.74) is -2.27. The van der Waals surface area contributed by atoms with E-state index in [-0.39, 0.29) is 48.6 Å². The highest BCUT2D eigenvalue weighted by Crippen LogP contribution is 2.39. The molecule has 10 heteroatoms. The number of amides is 1. The maximum atomic E-state index is 16.1. The zero-order valence-electron chi connectivity index (χ0n) is 21.5. The van der Waals surface area contributed by atoms with Crippen molar-refractivity contribution in [1.82, 2.24) is 14.7 Å². The van der Waals surface area contributed by atoms with E-state index in [1.165, 1.54) is 35.9 Å². The number of aliphatic hydroxyl groups is 1. The molecule has 1 aliphatic heterocycles.